The molecule has 3 aromatic rings. The molecule has 0 aliphatic heterocycles. The Kier molecular flexibility index (Phi) is 8.18. The maximum absolute atomic E-state index is 12.6. The minimum Gasteiger partial charge on any atom is -0.493 e. The monoisotopic (exact) mass is 459 g/mol. The van der Waals surface area contributed by atoms with Crippen LogP contribution in [-0.2, 0) is 0 Å². The van der Waals surface area contributed by atoms with Gasteiger partial charge in [-0.25, -0.2) is 4.98 Å². The van der Waals surface area contributed by atoms with Gasteiger partial charge in [0.05, 0.1) is 28.4 Å². The molecule has 0 aliphatic carbocycles. The number of aromatic nitrogens is 1. The smallest absolute Gasteiger partial charge is 0.204 e. The Morgan fingerprint density at radius 1 is 0.618 bits per heavy atom. The van der Waals surface area contributed by atoms with E-state index in [-0.39, 0.29) is 23.0 Å². The molecule has 3 rings (SSSR count). The second-order valence-electron chi connectivity index (χ2n) is 7.03. The molecule has 174 valence electrons. The number of allylic oxidation sites excluding steroid dienone is 2. The third kappa shape index (κ3) is 5.89. The van der Waals surface area contributed by atoms with Gasteiger partial charge in [-0.2, -0.15) is 0 Å². The van der Waals surface area contributed by atoms with Crippen LogP contribution in [0.25, 0.3) is 12.2 Å². The highest BCUT2D eigenvalue weighted by atomic mass is 16.5. The van der Waals surface area contributed by atoms with E-state index in [2.05, 4.69) is 4.98 Å². The lowest BCUT2D eigenvalue weighted by Gasteiger charge is -2.07. The van der Waals surface area contributed by atoms with Crippen molar-refractivity contribution in [3.8, 4) is 23.0 Å². The predicted molar refractivity (Wildman–Crippen MR) is 130 cm³/mol. The highest BCUT2D eigenvalue weighted by Crippen LogP contribution is 2.29. The molecule has 34 heavy (non-hydrogen) atoms. The zero-order valence-electron chi connectivity index (χ0n) is 19.4. The number of pyridine rings is 1. The number of carbonyl (C=O) groups excluding carboxylic acids is 2. The number of benzene rings is 2. The summed E-state index contributed by atoms with van der Waals surface area (Å²) >= 11 is 0. The summed E-state index contributed by atoms with van der Waals surface area (Å²) in [4.78, 5) is 29.5. The maximum Gasteiger partial charge on any atom is 0.204 e. The van der Waals surface area contributed by atoms with Crippen molar-refractivity contribution in [3.63, 3.8) is 0 Å². The van der Waals surface area contributed by atoms with Crippen LogP contribution >= 0.6 is 0 Å². The standard InChI is InChI=1S/C27H25NO6/c1-31-24-14-10-18(16-26(24)33-3)8-12-22(29)20-6-5-7-21(28-20)23(30)13-9-19-11-15-25(32-2)27(17-19)34-4/h5-17H,1-4H3/b12-8+,13-9+. The lowest BCUT2D eigenvalue weighted by Crippen LogP contribution is -2.05. The van der Waals surface area contributed by atoms with Crippen LogP contribution in [0.3, 0.4) is 0 Å². The van der Waals surface area contributed by atoms with Crippen LogP contribution in [0.1, 0.15) is 32.1 Å². The fourth-order valence-electron chi connectivity index (χ4n) is 3.14. The molecular formula is C27H25NO6. The van der Waals surface area contributed by atoms with Crippen molar-refractivity contribution in [1.82, 2.24) is 4.98 Å². The number of nitrogens with zero attached hydrogens (tertiary/aromatic N) is 1. The van der Waals surface area contributed by atoms with Gasteiger partial charge in [-0.15, -0.1) is 0 Å². The van der Waals surface area contributed by atoms with Crippen LogP contribution < -0.4 is 18.9 Å². The van der Waals surface area contributed by atoms with Gasteiger partial charge in [0.2, 0.25) is 11.6 Å². The summed E-state index contributed by atoms with van der Waals surface area (Å²) in [6, 6.07) is 15.4. The van der Waals surface area contributed by atoms with Gasteiger partial charge in [-0.3, -0.25) is 9.59 Å². The molecule has 0 saturated heterocycles. The number of rotatable bonds is 10. The number of ketones is 2. The van der Waals surface area contributed by atoms with E-state index in [1.165, 1.54) is 12.2 Å². The molecule has 1 heterocycles. The molecule has 0 fully saturated rings. The number of ether oxygens (including phenoxy) is 4. The average Bonchev–Trinajstić information content (AvgIpc) is 2.89. The first-order chi connectivity index (χ1) is 16.5. The van der Waals surface area contributed by atoms with E-state index in [0.29, 0.717) is 23.0 Å². The zero-order valence-corrected chi connectivity index (χ0v) is 19.4. The summed E-state index contributed by atoms with van der Waals surface area (Å²) in [5, 5.41) is 0. The molecule has 0 amide bonds. The quantitative estimate of drug-likeness (QED) is 0.315. The van der Waals surface area contributed by atoms with Crippen molar-refractivity contribution in [2.24, 2.45) is 0 Å². The first-order valence-electron chi connectivity index (χ1n) is 10.3. The van der Waals surface area contributed by atoms with Gasteiger partial charge < -0.3 is 18.9 Å². The molecule has 0 atom stereocenters. The molecule has 0 saturated carbocycles. The van der Waals surface area contributed by atoms with E-state index in [1.807, 2.05) is 0 Å². The number of hydrogen-bond donors (Lipinski definition) is 0. The van der Waals surface area contributed by atoms with Gasteiger partial charge in [-0.1, -0.05) is 30.4 Å². The normalized spacial score (nSPS) is 10.9. The summed E-state index contributed by atoms with van der Waals surface area (Å²) in [7, 11) is 6.20. The van der Waals surface area contributed by atoms with Crippen molar-refractivity contribution in [3.05, 3.63) is 89.3 Å². The lowest BCUT2D eigenvalue weighted by atomic mass is 10.1. The third-order valence-electron chi connectivity index (χ3n) is 4.92. The minimum atomic E-state index is -0.326. The van der Waals surface area contributed by atoms with Crippen LogP contribution in [0.4, 0.5) is 0 Å². The molecule has 2 aromatic carbocycles. The topological polar surface area (TPSA) is 84.0 Å². The van der Waals surface area contributed by atoms with Crippen molar-refractivity contribution in [2.75, 3.05) is 28.4 Å². The minimum absolute atomic E-state index is 0.169. The first-order valence-corrected chi connectivity index (χ1v) is 10.3. The summed E-state index contributed by atoms with van der Waals surface area (Å²) in [5.74, 6) is 1.66. The molecule has 0 N–H and O–H groups in total. The SMILES string of the molecule is COc1ccc(/C=C/C(=O)c2cccc(C(=O)/C=C/c3ccc(OC)c(OC)c3)n2)cc1OC. The summed E-state index contributed by atoms with van der Waals surface area (Å²) in [5.41, 5.74) is 1.86. The second kappa shape index (κ2) is 11.5. The Labute approximate surface area is 198 Å². The fraction of sp³-hybridized carbons (Fsp3) is 0.148. The second-order valence-corrected chi connectivity index (χ2v) is 7.03. The largest absolute Gasteiger partial charge is 0.493 e. The maximum atomic E-state index is 12.6. The summed E-state index contributed by atoms with van der Waals surface area (Å²) < 4.78 is 21.0. The molecular weight excluding hydrogens is 434 g/mol. The number of carbonyl (C=O) groups is 2. The Morgan fingerprint density at radius 2 is 1.03 bits per heavy atom. The van der Waals surface area contributed by atoms with E-state index >= 15 is 0 Å². The molecule has 0 radical (unpaired) electrons. The predicted octanol–water partition coefficient (Wildman–Crippen LogP) is 4.91. The molecule has 0 bridgehead atoms. The molecule has 0 spiro atoms. The van der Waals surface area contributed by atoms with Gasteiger partial charge in [0.25, 0.3) is 0 Å². The summed E-state index contributed by atoms with van der Waals surface area (Å²) in [6.07, 6.45) is 6.10. The Bertz CT molecular complexity index is 1150. The van der Waals surface area contributed by atoms with Gasteiger partial charge in [0.1, 0.15) is 11.4 Å². The van der Waals surface area contributed by atoms with Crippen LogP contribution in [0.15, 0.2) is 66.7 Å². The average molecular weight is 459 g/mol. The van der Waals surface area contributed by atoms with E-state index in [1.54, 1.807) is 95.2 Å². The van der Waals surface area contributed by atoms with E-state index < -0.39 is 0 Å². The summed E-state index contributed by atoms with van der Waals surface area (Å²) in [6.45, 7) is 0. The van der Waals surface area contributed by atoms with Crippen LogP contribution in [0, 0.1) is 0 Å². The fourth-order valence-corrected chi connectivity index (χ4v) is 3.14. The van der Waals surface area contributed by atoms with Crippen LogP contribution in [-0.4, -0.2) is 45.0 Å². The van der Waals surface area contributed by atoms with Crippen molar-refractivity contribution >= 4 is 23.7 Å². The zero-order chi connectivity index (χ0) is 24.5. The Hall–Kier alpha value is -4.39. The van der Waals surface area contributed by atoms with E-state index in [9.17, 15) is 9.59 Å². The number of methoxy groups -OCH3 is 4. The highest BCUT2D eigenvalue weighted by molar-refractivity contribution is 6.08. The van der Waals surface area contributed by atoms with Gasteiger partial charge in [0, 0.05) is 0 Å². The third-order valence-corrected chi connectivity index (χ3v) is 4.92. The van der Waals surface area contributed by atoms with Gasteiger partial charge >= 0.3 is 0 Å². The van der Waals surface area contributed by atoms with E-state index in [4.69, 9.17) is 18.9 Å². The van der Waals surface area contributed by atoms with Gasteiger partial charge in [-0.05, 0) is 59.7 Å². The highest BCUT2D eigenvalue weighted by Gasteiger charge is 2.10. The lowest BCUT2D eigenvalue weighted by molar-refractivity contribution is 0.104. The van der Waals surface area contributed by atoms with Gasteiger partial charge in [0.15, 0.2) is 23.0 Å². The van der Waals surface area contributed by atoms with Crippen molar-refractivity contribution in [1.29, 1.82) is 0 Å². The molecule has 0 unspecified atom stereocenters. The Balaban J connectivity index is 1.74. The van der Waals surface area contributed by atoms with Crippen LogP contribution in [0.2, 0.25) is 0 Å². The molecule has 0 aliphatic rings. The molecule has 1 aromatic heterocycles. The van der Waals surface area contributed by atoms with Crippen molar-refractivity contribution in [2.45, 2.75) is 0 Å². The Morgan fingerprint density at radius 3 is 1.41 bits per heavy atom. The van der Waals surface area contributed by atoms with Crippen molar-refractivity contribution < 1.29 is 28.5 Å². The molecule has 7 heteroatoms. The number of hydrogen-bond acceptors (Lipinski definition) is 7. The molecule has 7 nitrogen and oxygen atoms in total. The van der Waals surface area contributed by atoms with E-state index in [0.717, 1.165) is 11.1 Å². The first kappa shape index (κ1) is 24.3. The van der Waals surface area contributed by atoms with Crippen LogP contribution in [0.5, 0.6) is 23.0 Å².